The molecule has 1 aliphatic heterocycles. The molecule has 0 bridgehead atoms. The van der Waals surface area contributed by atoms with Gasteiger partial charge in [-0.1, -0.05) is 12.1 Å². The van der Waals surface area contributed by atoms with Crippen molar-refractivity contribution in [3.05, 3.63) is 58.1 Å². The molecule has 2 aromatic carbocycles. The van der Waals surface area contributed by atoms with Crippen molar-refractivity contribution >= 4 is 17.1 Å². The maximum atomic E-state index is 11.0. The van der Waals surface area contributed by atoms with Crippen LogP contribution < -0.4 is 14.5 Å². The Kier molecular flexibility index (Phi) is 4.29. The van der Waals surface area contributed by atoms with Crippen LogP contribution in [0.25, 0.3) is 0 Å². The van der Waals surface area contributed by atoms with Gasteiger partial charge in [0.1, 0.15) is 12.4 Å². The van der Waals surface area contributed by atoms with Gasteiger partial charge >= 0.3 is 0 Å². The normalized spacial score (nSPS) is 14.5. The second-order valence-electron chi connectivity index (χ2n) is 6.12. The Morgan fingerprint density at radius 1 is 1.25 bits per heavy atom. The molecule has 1 aliphatic rings. The van der Waals surface area contributed by atoms with E-state index in [9.17, 15) is 10.1 Å². The van der Waals surface area contributed by atoms with E-state index in [1.54, 1.807) is 12.1 Å². The molecule has 0 saturated heterocycles. The number of benzene rings is 2. The average molecular weight is 327 g/mol. The van der Waals surface area contributed by atoms with Crippen LogP contribution in [0.15, 0.2) is 42.5 Å². The molecule has 0 unspecified atom stereocenters. The Bertz CT molecular complexity index is 761. The molecular weight excluding hydrogens is 306 g/mol. The fourth-order valence-corrected chi connectivity index (χ4v) is 2.99. The van der Waals surface area contributed by atoms with Crippen LogP contribution >= 0.6 is 0 Å². The highest BCUT2D eigenvalue weighted by molar-refractivity contribution is 5.67. The van der Waals surface area contributed by atoms with Crippen LogP contribution in [0.1, 0.15) is 18.5 Å². The first-order valence-corrected chi connectivity index (χ1v) is 7.92. The first kappa shape index (κ1) is 16.1. The predicted molar refractivity (Wildman–Crippen MR) is 95.1 cm³/mol. The van der Waals surface area contributed by atoms with Gasteiger partial charge in [-0.3, -0.25) is 10.1 Å². The van der Waals surface area contributed by atoms with Crippen LogP contribution in [-0.4, -0.2) is 32.2 Å². The number of ether oxygens (including phenoxy) is 1. The third-order valence-corrected chi connectivity index (χ3v) is 4.39. The maximum Gasteiger partial charge on any atom is 0.269 e. The molecule has 6 heteroatoms. The van der Waals surface area contributed by atoms with E-state index in [-0.39, 0.29) is 16.7 Å². The fourth-order valence-electron chi connectivity index (χ4n) is 2.99. The Morgan fingerprint density at radius 2 is 2.04 bits per heavy atom. The molecule has 0 radical (unpaired) electrons. The van der Waals surface area contributed by atoms with Gasteiger partial charge in [0.2, 0.25) is 0 Å². The Morgan fingerprint density at radius 3 is 2.75 bits per heavy atom. The molecule has 6 nitrogen and oxygen atoms in total. The molecule has 2 aromatic rings. The van der Waals surface area contributed by atoms with Crippen molar-refractivity contribution in [2.24, 2.45) is 0 Å². The van der Waals surface area contributed by atoms with Crippen molar-refractivity contribution in [2.45, 2.75) is 13.0 Å². The molecule has 0 saturated carbocycles. The summed E-state index contributed by atoms with van der Waals surface area (Å²) in [4.78, 5) is 14.9. The van der Waals surface area contributed by atoms with E-state index < -0.39 is 0 Å². The molecule has 3 rings (SSSR count). The summed E-state index contributed by atoms with van der Waals surface area (Å²) < 4.78 is 5.82. The topological polar surface area (TPSA) is 58.9 Å². The summed E-state index contributed by atoms with van der Waals surface area (Å²) in [6.07, 6.45) is 0. The SMILES string of the molecule is C[C@H](c1cccc([N+](=O)[O-])c1)N1CCOc2cc(N(C)C)ccc21. The largest absolute Gasteiger partial charge is 0.489 e. The van der Waals surface area contributed by atoms with E-state index in [0.29, 0.717) is 6.61 Å². The monoisotopic (exact) mass is 327 g/mol. The summed E-state index contributed by atoms with van der Waals surface area (Å²) in [5, 5.41) is 11.0. The van der Waals surface area contributed by atoms with Gasteiger partial charge in [-0.25, -0.2) is 0 Å². The lowest BCUT2D eigenvalue weighted by Gasteiger charge is -2.36. The van der Waals surface area contributed by atoms with Gasteiger partial charge in [0.15, 0.2) is 0 Å². The fraction of sp³-hybridized carbons (Fsp3) is 0.333. The van der Waals surface area contributed by atoms with Gasteiger partial charge in [-0.2, -0.15) is 0 Å². The summed E-state index contributed by atoms with van der Waals surface area (Å²) in [6, 6.07) is 13.0. The van der Waals surface area contributed by atoms with E-state index in [0.717, 1.165) is 29.2 Å². The van der Waals surface area contributed by atoms with Crippen molar-refractivity contribution < 1.29 is 9.66 Å². The van der Waals surface area contributed by atoms with Gasteiger partial charge in [0.05, 0.1) is 23.2 Å². The Hall–Kier alpha value is -2.76. The molecule has 0 N–H and O–H groups in total. The summed E-state index contributed by atoms with van der Waals surface area (Å²) in [5.41, 5.74) is 3.15. The second kappa shape index (κ2) is 6.39. The van der Waals surface area contributed by atoms with E-state index in [4.69, 9.17) is 4.74 Å². The zero-order valence-corrected chi connectivity index (χ0v) is 14.1. The molecule has 24 heavy (non-hydrogen) atoms. The predicted octanol–water partition coefficient (Wildman–Crippen LogP) is 3.62. The standard InChI is InChI=1S/C18H21N3O3/c1-13(14-5-4-6-16(11-14)21(22)23)20-9-10-24-18-12-15(19(2)3)7-8-17(18)20/h4-8,11-13H,9-10H2,1-3H3/t13-/m1/s1. The Balaban J connectivity index is 1.94. The van der Waals surface area contributed by atoms with E-state index in [2.05, 4.69) is 24.0 Å². The Labute approximate surface area is 141 Å². The molecular formula is C18H21N3O3. The van der Waals surface area contributed by atoms with Crippen molar-refractivity contribution in [3.8, 4) is 5.75 Å². The molecule has 0 aromatic heterocycles. The smallest absolute Gasteiger partial charge is 0.269 e. The highest BCUT2D eigenvalue weighted by Crippen LogP contribution is 2.39. The summed E-state index contributed by atoms with van der Waals surface area (Å²) >= 11 is 0. The van der Waals surface area contributed by atoms with Crippen molar-refractivity contribution in [2.75, 3.05) is 37.0 Å². The molecule has 0 fully saturated rings. The van der Waals surface area contributed by atoms with Gasteiger partial charge in [-0.15, -0.1) is 0 Å². The summed E-state index contributed by atoms with van der Waals surface area (Å²) in [6.45, 7) is 3.41. The van der Waals surface area contributed by atoms with E-state index in [1.807, 2.05) is 31.1 Å². The zero-order chi connectivity index (χ0) is 17.3. The number of fused-ring (bicyclic) bond motifs is 1. The van der Waals surface area contributed by atoms with E-state index in [1.165, 1.54) is 6.07 Å². The van der Waals surface area contributed by atoms with Crippen molar-refractivity contribution in [3.63, 3.8) is 0 Å². The number of rotatable bonds is 4. The van der Waals surface area contributed by atoms with Crippen molar-refractivity contribution in [1.29, 1.82) is 0 Å². The van der Waals surface area contributed by atoms with Crippen molar-refractivity contribution in [1.82, 2.24) is 0 Å². The van der Waals surface area contributed by atoms with Gasteiger partial charge in [-0.05, 0) is 24.6 Å². The first-order chi connectivity index (χ1) is 11.5. The number of hydrogen-bond donors (Lipinski definition) is 0. The minimum atomic E-state index is -0.354. The highest BCUT2D eigenvalue weighted by Gasteiger charge is 2.25. The lowest BCUT2D eigenvalue weighted by molar-refractivity contribution is -0.384. The maximum absolute atomic E-state index is 11.0. The highest BCUT2D eigenvalue weighted by atomic mass is 16.6. The minimum Gasteiger partial charge on any atom is -0.489 e. The number of nitro groups is 1. The third-order valence-electron chi connectivity index (χ3n) is 4.39. The van der Waals surface area contributed by atoms with Gasteiger partial charge in [0.25, 0.3) is 5.69 Å². The van der Waals surface area contributed by atoms with E-state index >= 15 is 0 Å². The number of anilines is 2. The lowest BCUT2D eigenvalue weighted by Crippen LogP contribution is -2.35. The van der Waals surface area contributed by atoms with Crippen LogP contribution in [-0.2, 0) is 0 Å². The number of nitro benzene ring substituents is 1. The van der Waals surface area contributed by atoms with Crippen LogP contribution in [0.4, 0.5) is 17.1 Å². The molecule has 0 amide bonds. The number of nitrogens with zero attached hydrogens (tertiary/aromatic N) is 3. The second-order valence-corrected chi connectivity index (χ2v) is 6.12. The quantitative estimate of drug-likeness (QED) is 0.634. The zero-order valence-electron chi connectivity index (χ0n) is 14.1. The number of non-ortho nitro benzene ring substituents is 1. The average Bonchev–Trinajstić information content (AvgIpc) is 2.60. The lowest BCUT2D eigenvalue weighted by atomic mass is 10.0. The molecule has 0 aliphatic carbocycles. The van der Waals surface area contributed by atoms with Crippen LogP contribution in [0.5, 0.6) is 5.75 Å². The summed E-state index contributed by atoms with van der Waals surface area (Å²) in [7, 11) is 3.99. The molecule has 1 heterocycles. The third kappa shape index (κ3) is 2.99. The van der Waals surface area contributed by atoms with Crippen LogP contribution in [0, 0.1) is 10.1 Å². The summed E-state index contributed by atoms with van der Waals surface area (Å²) in [5.74, 6) is 0.852. The van der Waals surface area contributed by atoms with Gasteiger partial charge in [0, 0.05) is 38.0 Å². The van der Waals surface area contributed by atoms with Crippen LogP contribution in [0.3, 0.4) is 0 Å². The first-order valence-electron chi connectivity index (χ1n) is 7.92. The van der Waals surface area contributed by atoms with Gasteiger partial charge < -0.3 is 14.5 Å². The molecule has 0 spiro atoms. The minimum absolute atomic E-state index is 0.0257. The van der Waals surface area contributed by atoms with Crippen LogP contribution in [0.2, 0.25) is 0 Å². The molecule has 126 valence electrons. The molecule has 1 atom stereocenters. The number of hydrogen-bond acceptors (Lipinski definition) is 5.